The van der Waals surface area contributed by atoms with Crippen LogP contribution in [-0.4, -0.2) is 53.9 Å². The van der Waals surface area contributed by atoms with E-state index in [2.05, 4.69) is 16.0 Å². The lowest BCUT2D eigenvalue weighted by molar-refractivity contribution is -0.129. The molecule has 2 unspecified atom stereocenters. The summed E-state index contributed by atoms with van der Waals surface area (Å²) < 4.78 is 5.06. The van der Waals surface area contributed by atoms with Gasteiger partial charge in [0.1, 0.15) is 17.7 Å². The minimum Gasteiger partial charge on any atom is -0.444 e. The number of alkyl carbamates (subject to hydrolysis) is 1. The summed E-state index contributed by atoms with van der Waals surface area (Å²) in [6.07, 6.45) is 0.582. The molecule has 0 bridgehead atoms. The summed E-state index contributed by atoms with van der Waals surface area (Å²) in [6, 6.07) is -1.55. The van der Waals surface area contributed by atoms with Gasteiger partial charge in [0.15, 0.2) is 0 Å². The van der Waals surface area contributed by atoms with Crippen LogP contribution in [0.5, 0.6) is 0 Å². The van der Waals surface area contributed by atoms with Crippen molar-refractivity contribution in [2.75, 3.05) is 13.2 Å². The molecule has 0 heterocycles. The second-order valence-corrected chi connectivity index (χ2v) is 6.32. The van der Waals surface area contributed by atoms with Crippen molar-refractivity contribution in [1.82, 2.24) is 16.0 Å². The number of amides is 3. The highest BCUT2D eigenvalue weighted by atomic mass is 16.6. The average Bonchev–Trinajstić information content (AvgIpc) is 2.40. The number of aliphatic hydroxyl groups excluding tert-OH is 1. The van der Waals surface area contributed by atoms with Crippen LogP contribution in [0.15, 0.2) is 0 Å². The van der Waals surface area contributed by atoms with E-state index >= 15 is 0 Å². The molecule has 0 rings (SSSR count). The normalized spacial score (nSPS) is 13.7. The van der Waals surface area contributed by atoms with Gasteiger partial charge in [-0.1, -0.05) is 0 Å². The highest BCUT2D eigenvalue weighted by Gasteiger charge is 2.23. The van der Waals surface area contributed by atoms with Gasteiger partial charge in [-0.05, 0) is 47.5 Å². The van der Waals surface area contributed by atoms with Gasteiger partial charge in [-0.2, -0.15) is 0 Å². The summed E-state index contributed by atoms with van der Waals surface area (Å²) in [5.41, 5.74) is -0.651. The number of hydrogen-bond acceptors (Lipinski definition) is 5. The predicted octanol–water partition coefficient (Wildman–Crippen LogP) is 0.293. The van der Waals surface area contributed by atoms with Crippen LogP contribution in [0.25, 0.3) is 0 Å². The van der Waals surface area contributed by atoms with Crippen molar-refractivity contribution < 1.29 is 24.2 Å². The van der Waals surface area contributed by atoms with E-state index in [-0.39, 0.29) is 12.5 Å². The summed E-state index contributed by atoms with van der Waals surface area (Å²) in [5.74, 6) is -0.797. The fourth-order valence-electron chi connectivity index (χ4n) is 1.56. The first-order chi connectivity index (χ1) is 10.6. The topological polar surface area (TPSA) is 117 Å². The molecule has 8 nitrogen and oxygen atoms in total. The number of aliphatic hydroxyl groups is 1. The first-order valence-corrected chi connectivity index (χ1v) is 7.75. The smallest absolute Gasteiger partial charge is 0.408 e. The van der Waals surface area contributed by atoms with Crippen LogP contribution in [0.4, 0.5) is 4.79 Å². The lowest BCUT2D eigenvalue weighted by atomic mass is 10.2. The van der Waals surface area contributed by atoms with E-state index < -0.39 is 29.7 Å². The first-order valence-electron chi connectivity index (χ1n) is 7.75. The fraction of sp³-hybridized carbons (Fsp3) is 0.800. The molecule has 0 aromatic carbocycles. The molecule has 0 aromatic rings. The van der Waals surface area contributed by atoms with Crippen LogP contribution in [0, 0.1) is 0 Å². The number of ether oxygens (including phenoxy) is 1. The van der Waals surface area contributed by atoms with Gasteiger partial charge in [0.25, 0.3) is 0 Å². The van der Waals surface area contributed by atoms with Crippen molar-refractivity contribution in [2.45, 2.75) is 65.1 Å². The van der Waals surface area contributed by atoms with Crippen LogP contribution in [-0.2, 0) is 14.3 Å². The molecule has 0 aromatic heterocycles. The Bertz CT molecular complexity index is 406. The van der Waals surface area contributed by atoms with Crippen molar-refractivity contribution >= 4 is 17.9 Å². The maximum atomic E-state index is 11.9. The Balaban J connectivity index is 4.19. The van der Waals surface area contributed by atoms with Crippen molar-refractivity contribution in [3.63, 3.8) is 0 Å². The summed E-state index contributed by atoms with van der Waals surface area (Å²) >= 11 is 0. The fourth-order valence-corrected chi connectivity index (χ4v) is 1.56. The number of rotatable bonds is 8. The summed E-state index contributed by atoms with van der Waals surface area (Å²) in [4.78, 5) is 35.3. The zero-order valence-electron chi connectivity index (χ0n) is 14.6. The first kappa shape index (κ1) is 21.2. The van der Waals surface area contributed by atoms with Crippen molar-refractivity contribution in [3.05, 3.63) is 0 Å². The molecule has 0 saturated heterocycles. The van der Waals surface area contributed by atoms with E-state index in [4.69, 9.17) is 9.84 Å². The Kier molecular flexibility index (Phi) is 9.24. The van der Waals surface area contributed by atoms with E-state index in [9.17, 15) is 14.4 Å². The third kappa shape index (κ3) is 10.5. The zero-order chi connectivity index (χ0) is 18.0. The van der Waals surface area contributed by atoms with Crippen LogP contribution in [0.2, 0.25) is 0 Å². The monoisotopic (exact) mass is 331 g/mol. The molecule has 3 amide bonds. The van der Waals surface area contributed by atoms with E-state index in [0.717, 1.165) is 0 Å². The SMILES string of the molecule is CC(NC(=O)OC(C)(C)C)C(=O)NC(C)C(=O)NCCCCO. The van der Waals surface area contributed by atoms with Gasteiger partial charge < -0.3 is 25.8 Å². The molecule has 23 heavy (non-hydrogen) atoms. The third-order valence-electron chi connectivity index (χ3n) is 2.76. The van der Waals surface area contributed by atoms with E-state index in [1.54, 1.807) is 27.7 Å². The minimum absolute atomic E-state index is 0.0794. The highest BCUT2D eigenvalue weighted by molar-refractivity contribution is 5.90. The Hall–Kier alpha value is -1.83. The standard InChI is InChI=1S/C15H29N3O5/c1-10(12(20)16-8-6-7-9-19)17-13(21)11(2)18-14(22)23-15(3,4)5/h10-11,19H,6-9H2,1-5H3,(H,16,20)(H,17,21)(H,18,22). The quantitative estimate of drug-likeness (QED) is 0.477. The Morgan fingerprint density at radius 2 is 1.57 bits per heavy atom. The number of carbonyl (C=O) groups is 3. The minimum atomic E-state index is -0.825. The van der Waals surface area contributed by atoms with E-state index in [1.807, 2.05) is 0 Å². The molecule has 134 valence electrons. The third-order valence-corrected chi connectivity index (χ3v) is 2.76. The Morgan fingerprint density at radius 3 is 2.09 bits per heavy atom. The largest absolute Gasteiger partial charge is 0.444 e. The van der Waals surface area contributed by atoms with E-state index in [0.29, 0.717) is 19.4 Å². The Morgan fingerprint density at radius 1 is 1.00 bits per heavy atom. The van der Waals surface area contributed by atoms with Crippen LogP contribution in [0.1, 0.15) is 47.5 Å². The maximum Gasteiger partial charge on any atom is 0.408 e. The average molecular weight is 331 g/mol. The molecule has 0 aliphatic heterocycles. The second-order valence-electron chi connectivity index (χ2n) is 6.32. The number of hydrogen-bond donors (Lipinski definition) is 4. The van der Waals surface area contributed by atoms with Gasteiger partial charge in [-0.3, -0.25) is 9.59 Å². The predicted molar refractivity (Wildman–Crippen MR) is 85.8 cm³/mol. The molecule has 0 aliphatic rings. The van der Waals surface area contributed by atoms with Gasteiger partial charge in [0.05, 0.1) is 0 Å². The molecule has 0 radical (unpaired) electrons. The molecule has 0 fully saturated rings. The summed E-state index contributed by atoms with van der Waals surface area (Å²) in [5, 5.41) is 16.2. The molecular weight excluding hydrogens is 302 g/mol. The van der Waals surface area contributed by atoms with Gasteiger partial charge in [-0.15, -0.1) is 0 Å². The van der Waals surface area contributed by atoms with Crippen LogP contribution < -0.4 is 16.0 Å². The lowest BCUT2D eigenvalue weighted by Gasteiger charge is -2.22. The molecule has 0 saturated carbocycles. The number of carbonyl (C=O) groups excluding carboxylic acids is 3. The van der Waals surface area contributed by atoms with Gasteiger partial charge in [0.2, 0.25) is 11.8 Å². The van der Waals surface area contributed by atoms with Gasteiger partial charge in [0, 0.05) is 13.2 Å². The molecule has 0 spiro atoms. The molecule has 0 aliphatic carbocycles. The summed E-state index contributed by atoms with van der Waals surface area (Å²) in [7, 11) is 0. The molecular formula is C15H29N3O5. The number of unbranched alkanes of at least 4 members (excludes halogenated alkanes) is 1. The van der Waals surface area contributed by atoms with Crippen molar-refractivity contribution in [1.29, 1.82) is 0 Å². The highest BCUT2D eigenvalue weighted by Crippen LogP contribution is 2.06. The van der Waals surface area contributed by atoms with Crippen molar-refractivity contribution in [2.24, 2.45) is 0 Å². The molecule has 2 atom stereocenters. The summed E-state index contributed by atoms with van der Waals surface area (Å²) in [6.45, 7) is 8.74. The second kappa shape index (κ2) is 10.0. The van der Waals surface area contributed by atoms with Crippen LogP contribution >= 0.6 is 0 Å². The maximum absolute atomic E-state index is 11.9. The van der Waals surface area contributed by atoms with Crippen molar-refractivity contribution in [3.8, 4) is 0 Å². The van der Waals surface area contributed by atoms with E-state index in [1.165, 1.54) is 6.92 Å². The van der Waals surface area contributed by atoms with Gasteiger partial charge >= 0.3 is 6.09 Å². The van der Waals surface area contributed by atoms with Gasteiger partial charge in [-0.25, -0.2) is 4.79 Å². The number of nitrogens with one attached hydrogen (secondary N) is 3. The molecule has 4 N–H and O–H groups in total. The molecule has 8 heteroatoms. The Labute approximate surface area is 137 Å². The lowest BCUT2D eigenvalue weighted by Crippen LogP contribution is -2.52. The van der Waals surface area contributed by atoms with Crippen LogP contribution in [0.3, 0.4) is 0 Å². The zero-order valence-corrected chi connectivity index (χ0v) is 14.6.